The van der Waals surface area contributed by atoms with Crippen LogP contribution in [-0.2, 0) is 5.75 Å². The first-order valence-electron chi connectivity index (χ1n) is 6.19. The molecule has 2 aromatic rings. The number of halogens is 1. The van der Waals surface area contributed by atoms with Crippen LogP contribution in [-0.4, -0.2) is 10.9 Å². The Morgan fingerprint density at radius 3 is 2.70 bits per heavy atom. The van der Waals surface area contributed by atoms with Crippen molar-refractivity contribution in [3.8, 4) is 5.75 Å². The van der Waals surface area contributed by atoms with E-state index in [1.807, 2.05) is 25.1 Å². The minimum atomic E-state index is -0.188. The zero-order valence-electron chi connectivity index (χ0n) is 11.3. The molecule has 0 aromatic heterocycles. The van der Waals surface area contributed by atoms with Gasteiger partial charge in [0.05, 0.1) is 5.56 Å². The van der Waals surface area contributed by atoms with Crippen molar-refractivity contribution in [1.29, 1.82) is 0 Å². The van der Waals surface area contributed by atoms with Gasteiger partial charge in [-0.25, -0.2) is 0 Å². The molecule has 0 fully saturated rings. The summed E-state index contributed by atoms with van der Waals surface area (Å²) < 4.78 is 0. The van der Waals surface area contributed by atoms with Gasteiger partial charge in [-0.2, -0.15) is 0 Å². The number of phenols is 1. The predicted molar refractivity (Wildman–Crippen MR) is 83.9 cm³/mol. The molecule has 20 heavy (non-hydrogen) atoms. The van der Waals surface area contributed by atoms with Gasteiger partial charge in [0.2, 0.25) is 0 Å². The van der Waals surface area contributed by atoms with Crippen molar-refractivity contribution >= 4 is 29.1 Å². The van der Waals surface area contributed by atoms with Gasteiger partial charge in [-0.1, -0.05) is 29.3 Å². The van der Waals surface area contributed by atoms with E-state index in [1.54, 1.807) is 17.8 Å². The lowest BCUT2D eigenvalue weighted by Crippen LogP contribution is -1.96. The summed E-state index contributed by atoms with van der Waals surface area (Å²) in [6.45, 7) is 3.46. The third kappa shape index (κ3) is 3.56. The van der Waals surface area contributed by atoms with Crippen molar-refractivity contribution in [2.75, 3.05) is 0 Å². The third-order valence-electron chi connectivity index (χ3n) is 2.92. The van der Waals surface area contributed by atoms with Crippen LogP contribution in [0.15, 0.2) is 41.3 Å². The molecule has 0 saturated heterocycles. The summed E-state index contributed by atoms with van der Waals surface area (Å²) in [5, 5.41) is 10.6. The number of carbonyl (C=O) groups is 1. The van der Waals surface area contributed by atoms with Crippen molar-refractivity contribution in [2.24, 2.45) is 0 Å². The Kier molecular flexibility index (Phi) is 4.73. The molecule has 0 spiro atoms. The van der Waals surface area contributed by atoms with Gasteiger partial charge < -0.3 is 5.11 Å². The summed E-state index contributed by atoms with van der Waals surface area (Å²) in [4.78, 5) is 12.6. The fourth-order valence-corrected chi connectivity index (χ4v) is 3.13. The topological polar surface area (TPSA) is 37.3 Å². The fourth-order valence-electron chi connectivity index (χ4n) is 1.90. The summed E-state index contributed by atoms with van der Waals surface area (Å²) in [6, 6.07) is 11.3. The number of phenolic OH excluding ortho intramolecular Hbond substituents is 1. The highest BCUT2D eigenvalue weighted by Gasteiger charge is 2.13. The molecule has 2 rings (SSSR count). The second kappa shape index (κ2) is 6.33. The smallest absolute Gasteiger partial charge is 0.163 e. The molecule has 0 bridgehead atoms. The van der Waals surface area contributed by atoms with Gasteiger partial charge in [-0.3, -0.25) is 4.79 Å². The Labute approximate surface area is 127 Å². The highest BCUT2D eigenvalue weighted by molar-refractivity contribution is 7.98. The second-order valence-electron chi connectivity index (χ2n) is 4.62. The van der Waals surface area contributed by atoms with Crippen LogP contribution < -0.4 is 0 Å². The van der Waals surface area contributed by atoms with E-state index in [1.165, 1.54) is 18.6 Å². The minimum absolute atomic E-state index is 0.0297. The quantitative estimate of drug-likeness (QED) is 0.648. The summed E-state index contributed by atoms with van der Waals surface area (Å²) in [5.41, 5.74) is 2.14. The largest absolute Gasteiger partial charge is 0.507 e. The number of benzene rings is 2. The minimum Gasteiger partial charge on any atom is -0.507 e. The fraction of sp³-hybridized carbons (Fsp3) is 0.188. The lowest BCUT2D eigenvalue weighted by atomic mass is 10.1. The van der Waals surface area contributed by atoms with E-state index >= 15 is 0 Å². The summed E-state index contributed by atoms with van der Waals surface area (Å²) in [6.07, 6.45) is 0. The molecule has 0 unspecified atom stereocenters. The summed E-state index contributed by atoms with van der Waals surface area (Å²) in [7, 11) is 0. The van der Waals surface area contributed by atoms with Crippen LogP contribution in [0.2, 0.25) is 5.02 Å². The highest BCUT2D eigenvalue weighted by Crippen LogP contribution is 2.32. The summed E-state index contributed by atoms with van der Waals surface area (Å²) >= 11 is 7.60. The lowest BCUT2D eigenvalue weighted by molar-refractivity contribution is 0.101. The Bertz CT molecular complexity index is 653. The SMILES string of the molecule is CC(=O)c1cc(Cl)cc(CSc2cccc(C)c2)c1O. The number of hydrogen-bond donors (Lipinski definition) is 1. The normalized spacial score (nSPS) is 10.6. The molecular formula is C16H15ClO2S. The molecule has 2 nitrogen and oxygen atoms in total. The van der Waals surface area contributed by atoms with Crippen LogP contribution in [0.25, 0.3) is 0 Å². The van der Waals surface area contributed by atoms with E-state index in [0.29, 0.717) is 16.3 Å². The van der Waals surface area contributed by atoms with Crippen LogP contribution in [0.3, 0.4) is 0 Å². The number of Topliss-reactive ketones (excluding diaryl/α,β-unsaturated/α-hetero) is 1. The lowest BCUT2D eigenvalue weighted by Gasteiger charge is -2.09. The van der Waals surface area contributed by atoms with E-state index in [-0.39, 0.29) is 17.1 Å². The maximum absolute atomic E-state index is 11.5. The second-order valence-corrected chi connectivity index (χ2v) is 6.11. The molecule has 0 atom stereocenters. The van der Waals surface area contributed by atoms with Gasteiger partial charge in [0.1, 0.15) is 5.75 Å². The van der Waals surface area contributed by atoms with Gasteiger partial charge in [-0.05, 0) is 38.1 Å². The molecule has 2 aromatic carbocycles. The standard InChI is InChI=1S/C16H15ClO2S/c1-10-4-3-5-14(6-10)20-9-12-7-13(17)8-15(11(2)18)16(12)19/h3-8,19H,9H2,1-2H3. The average Bonchev–Trinajstić information content (AvgIpc) is 2.39. The summed E-state index contributed by atoms with van der Waals surface area (Å²) in [5.74, 6) is 0.407. The Balaban J connectivity index is 2.23. The molecule has 1 N–H and O–H groups in total. The molecule has 0 heterocycles. The number of aryl methyl sites for hydroxylation is 1. The number of ketones is 1. The van der Waals surface area contributed by atoms with Crippen molar-refractivity contribution in [2.45, 2.75) is 24.5 Å². The third-order valence-corrected chi connectivity index (χ3v) is 4.18. The molecule has 4 heteroatoms. The van der Waals surface area contributed by atoms with Gasteiger partial charge in [0, 0.05) is 21.2 Å². The predicted octanol–water partition coefficient (Wildman–Crippen LogP) is 4.85. The van der Waals surface area contributed by atoms with E-state index in [4.69, 9.17) is 11.6 Å². The van der Waals surface area contributed by atoms with Crippen LogP contribution in [0.4, 0.5) is 0 Å². The number of carbonyl (C=O) groups excluding carboxylic acids is 1. The average molecular weight is 307 g/mol. The molecular weight excluding hydrogens is 292 g/mol. The maximum Gasteiger partial charge on any atom is 0.163 e. The van der Waals surface area contributed by atoms with Gasteiger partial charge in [-0.15, -0.1) is 11.8 Å². The molecule has 0 aliphatic rings. The van der Waals surface area contributed by atoms with Crippen LogP contribution in [0.1, 0.15) is 28.4 Å². The number of hydrogen-bond acceptors (Lipinski definition) is 3. The van der Waals surface area contributed by atoms with E-state index in [2.05, 4.69) is 6.07 Å². The van der Waals surface area contributed by atoms with Crippen molar-refractivity contribution in [3.05, 3.63) is 58.1 Å². The number of rotatable bonds is 4. The zero-order chi connectivity index (χ0) is 14.7. The van der Waals surface area contributed by atoms with Crippen LogP contribution in [0, 0.1) is 6.92 Å². The molecule has 104 valence electrons. The van der Waals surface area contributed by atoms with Crippen LogP contribution >= 0.6 is 23.4 Å². The highest BCUT2D eigenvalue weighted by atomic mass is 35.5. The molecule has 0 saturated carbocycles. The van der Waals surface area contributed by atoms with Crippen molar-refractivity contribution in [1.82, 2.24) is 0 Å². The Morgan fingerprint density at radius 1 is 1.30 bits per heavy atom. The van der Waals surface area contributed by atoms with Gasteiger partial charge >= 0.3 is 0 Å². The Hall–Kier alpha value is -1.45. The van der Waals surface area contributed by atoms with E-state index < -0.39 is 0 Å². The number of thioether (sulfide) groups is 1. The maximum atomic E-state index is 11.5. The first-order chi connectivity index (χ1) is 9.47. The molecule has 0 aliphatic heterocycles. The van der Waals surface area contributed by atoms with E-state index in [9.17, 15) is 9.90 Å². The van der Waals surface area contributed by atoms with E-state index in [0.717, 1.165) is 4.90 Å². The first kappa shape index (κ1) is 14.9. The van der Waals surface area contributed by atoms with Crippen LogP contribution in [0.5, 0.6) is 5.75 Å². The zero-order valence-corrected chi connectivity index (χ0v) is 12.9. The molecule has 0 amide bonds. The number of aromatic hydroxyl groups is 1. The van der Waals surface area contributed by atoms with Crippen molar-refractivity contribution in [3.63, 3.8) is 0 Å². The van der Waals surface area contributed by atoms with Gasteiger partial charge in [0.15, 0.2) is 5.78 Å². The monoisotopic (exact) mass is 306 g/mol. The first-order valence-corrected chi connectivity index (χ1v) is 7.55. The molecule has 0 aliphatic carbocycles. The van der Waals surface area contributed by atoms with Gasteiger partial charge in [0.25, 0.3) is 0 Å². The molecule has 0 radical (unpaired) electrons. The van der Waals surface area contributed by atoms with Crippen molar-refractivity contribution < 1.29 is 9.90 Å². The Morgan fingerprint density at radius 2 is 2.05 bits per heavy atom.